The largest absolute Gasteiger partial charge is 0.495 e. The van der Waals surface area contributed by atoms with Crippen molar-refractivity contribution in [1.29, 1.82) is 0 Å². The topological polar surface area (TPSA) is 47.0 Å². The van der Waals surface area contributed by atoms with E-state index < -0.39 is 0 Å². The van der Waals surface area contributed by atoms with E-state index in [2.05, 4.69) is 15.3 Å². The minimum atomic E-state index is 0.466. The molecule has 2 aromatic rings. The summed E-state index contributed by atoms with van der Waals surface area (Å²) in [5, 5.41) is 3.55. The van der Waals surface area contributed by atoms with E-state index in [1.165, 1.54) is 12.5 Å². The monoisotopic (exact) mass is 235 g/mol. The summed E-state index contributed by atoms with van der Waals surface area (Å²) in [6, 6.07) is 7.54. The van der Waals surface area contributed by atoms with Crippen LogP contribution in [0, 0.1) is 0 Å². The first-order valence-electron chi connectivity index (χ1n) is 4.67. The highest BCUT2D eigenvalue weighted by molar-refractivity contribution is 6.32. The SMILES string of the molecule is COc1ccccc1Nc1ncncc1Cl. The van der Waals surface area contributed by atoms with Gasteiger partial charge in [-0.05, 0) is 12.1 Å². The van der Waals surface area contributed by atoms with Crippen LogP contribution in [0.25, 0.3) is 0 Å². The molecule has 0 fully saturated rings. The molecule has 2 rings (SSSR count). The molecule has 0 amide bonds. The summed E-state index contributed by atoms with van der Waals surface area (Å²) in [4.78, 5) is 7.85. The van der Waals surface area contributed by atoms with Gasteiger partial charge in [-0.2, -0.15) is 0 Å². The molecule has 0 atom stereocenters. The summed E-state index contributed by atoms with van der Waals surface area (Å²) >= 11 is 5.94. The number of hydrogen-bond donors (Lipinski definition) is 1. The molecular weight excluding hydrogens is 226 g/mol. The lowest BCUT2D eigenvalue weighted by Crippen LogP contribution is -1.97. The molecule has 0 saturated carbocycles. The lowest BCUT2D eigenvalue weighted by atomic mass is 10.3. The van der Waals surface area contributed by atoms with Crippen LogP contribution in [0.5, 0.6) is 5.75 Å². The molecule has 1 N–H and O–H groups in total. The Morgan fingerprint density at radius 1 is 1.31 bits per heavy atom. The van der Waals surface area contributed by atoms with Crippen molar-refractivity contribution in [3.63, 3.8) is 0 Å². The minimum Gasteiger partial charge on any atom is -0.495 e. The van der Waals surface area contributed by atoms with Crippen molar-refractivity contribution in [3.8, 4) is 5.75 Å². The fraction of sp³-hybridized carbons (Fsp3) is 0.0909. The quantitative estimate of drug-likeness (QED) is 0.889. The first kappa shape index (κ1) is 10.7. The molecule has 16 heavy (non-hydrogen) atoms. The van der Waals surface area contributed by atoms with Crippen molar-refractivity contribution in [2.45, 2.75) is 0 Å². The van der Waals surface area contributed by atoms with E-state index in [-0.39, 0.29) is 0 Å². The fourth-order valence-corrected chi connectivity index (χ4v) is 1.43. The van der Waals surface area contributed by atoms with E-state index in [0.717, 1.165) is 11.4 Å². The van der Waals surface area contributed by atoms with E-state index in [4.69, 9.17) is 16.3 Å². The number of halogens is 1. The van der Waals surface area contributed by atoms with Crippen LogP contribution in [0.4, 0.5) is 11.5 Å². The van der Waals surface area contributed by atoms with Crippen LogP contribution >= 0.6 is 11.6 Å². The van der Waals surface area contributed by atoms with Crippen LogP contribution in [0.2, 0.25) is 5.02 Å². The molecule has 1 aromatic carbocycles. The zero-order chi connectivity index (χ0) is 11.4. The number of hydrogen-bond acceptors (Lipinski definition) is 4. The van der Waals surface area contributed by atoms with E-state index >= 15 is 0 Å². The summed E-state index contributed by atoms with van der Waals surface area (Å²) < 4.78 is 5.21. The van der Waals surface area contributed by atoms with Crippen molar-refractivity contribution in [2.75, 3.05) is 12.4 Å². The van der Waals surface area contributed by atoms with Crippen molar-refractivity contribution < 1.29 is 4.74 Å². The van der Waals surface area contributed by atoms with Gasteiger partial charge in [-0.15, -0.1) is 0 Å². The number of rotatable bonds is 3. The summed E-state index contributed by atoms with van der Waals surface area (Å²) in [6.07, 6.45) is 2.97. The van der Waals surface area contributed by atoms with Crippen LogP contribution < -0.4 is 10.1 Å². The molecule has 0 unspecified atom stereocenters. The fourth-order valence-electron chi connectivity index (χ4n) is 1.28. The predicted molar refractivity (Wildman–Crippen MR) is 63.3 cm³/mol. The molecule has 0 aliphatic heterocycles. The van der Waals surface area contributed by atoms with Crippen molar-refractivity contribution in [3.05, 3.63) is 41.8 Å². The Kier molecular flexibility index (Phi) is 3.22. The van der Waals surface area contributed by atoms with Crippen LogP contribution in [-0.4, -0.2) is 17.1 Å². The van der Waals surface area contributed by atoms with Gasteiger partial charge in [0, 0.05) is 0 Å². The van der Waals surface area contributed by atoms with Crippen LogP contribution in [0.3, 0.4) is 0 Å². The summed E-state index contributed by atoms with van der Waals surface area (Å²) in [5.74, 6) is 1.29. The highest BCUT2D eigenvalue weighted by Crippen LogP contribution is 2.28. The molecular formula is C11H10ClN3O. The smallest absolute Gasteiger partial charge is 0.152 e. The van der Waals surface area contributed by atoms with Crippen LogP contribution in [-0.2, 0) is 0 Å². The summed E-state index contributed by atoms with van der Waals surface area (Å²) in [5.41, 5.74) is 0.811. The predicted octanol–water partition coefficient (Wildman–Crippen LogP) is 2.88. The Morgan fingerprint density at radius 3 is 2.88 bits per heavy atom. The number of benzene rings is 1. The molecule has 82 valence electrons. The Balaban J connectivity index is 2.30. The van der Waals surface area contributed by atoms with Crippen molar-refractivity contribution in [1.82, 2.24) is 9.97 Å². The van der Waals surface area contributed by atoms with Gasteiger partial charge < -0.3 is 10.1 Å². The maximum atomic E-state index is 5.94. The number of nitrogens with zero attached hydrogens (tertiary/aromatic N) is 2. The third kappa shape index (κ3) is 2.23. The second kappa shape index (κ2) is 4.81. The second-order valence-electron chi connectivity index (χ2n) is 3.04. The first-order chi connectivity index (χ1) is 7.81. The Hall–Kier alpha value is -1.81. The maximum Gasteiger partial charge on any atom is 0.152 e. The lowest BCUT2D eigenvalue weighted by molar-refractivity contribution is 0.417. The number of para-hydroxylation sites is 2. The average Bonchev–Trinajstić information content (AvgIpc) is 2.33. The van der Waals surface area contributed by atoms with Gasteiger partial charge in [0.15, 0.2) is 5.82 Å². The van der Waals surface area contributed by atoms with E-state index in [9.17, 15) is 0 Å². The normalized spacial score (nSPS) is 9.88. The standard InChI is InChI=1S/C11H10ClN3O/c1-16-10-5-3-2-4-9(10)15-11-8(12)6-13-7-14-11/h2-7H,1H3,(H,13,14,15). The number of anilines is 2. The number of ether oxygens (including phenoxy) is 1. The van der Waals surface area contributed by atoms with Gasteiger partial charge in [0.25, 0.3) is 0 Å². The molecule has 0 spiro atoms. The Morgan fingerprint density at radius 2 is 2.12 bits per heavy atom. The molecule has 0 saturated heterocycles. The molecule has 4 nitrogen and oxygen atoms in total. The first-order valence-corrected chi connectivity index (χ1v) is 5.04. The van der Waals surface area contributed by atoms with Crippen molar-refractivity contribution in [2.24, 2.45) is 0 Å². The highest BCUT2D eigenvalue weighted by atomic mass is 35.5. The maximum absolute atomic E-state index is 5.94. The molecule has 1 aromatic heterocycles. The summed E-state index contributed by atoms with van der Waals surface area (Å²) in [6.45, 7) is 0. The van der Waals surface area contributed by atoms with E-state index in [1.807, 2.05) is 24.3 Å². The Labute approximate surface area is 98.3 Å². The number of nitrogens with one attached hydrogen (secondary N) is 1. The average molecular weight is 236 g/mol. The second-order valence-corrected chi connectivity index (χ2v) is 3.45. The van der Waals surface area contributed by atoms with Crippen molar-refractivity contribution >= 4 is 23.1 Å². The van der Waals surface area contributed by atoms with Gasteiger partial charge in [0.1, 0.15) is 17.1 Å². The van der Waals surface area contributed by atoms with Crippen LogP contribution in [0.15, 0.2) is 36.8 Å². The molecule has 0 aliphatic carbocycles. The number of methoxy groups -OCH3 is 1. The van der Waals surface area contributed by atoms with Gasteiger partial charge in [0.2, 0.25) is 0 Å². The molecule has 5 heteroatoms. The van der Waals surface area contributed by atoms with Gasteiger partial charge in [-0.1, -0.05) is 23.7 Å². The van der Waals surface area contributed by atoms with Gasteiger partial charge in [0.05, 0.1) is 19.0 Å². The zero-order valence-corrected chi connectivity index (χ0v) is 9.40. The van der Waals surface area contributed by atoms with E-state index in [0.29, 0.717) is 10.8 Å². The lowest BCUT2D eigenvalue weighted by Gasteiger charge is -2.10. The van der Waals surface area contributed by atoms with Crippen LogP contribution in [0.1, 0.15) is 0 Å². The van der Waals surface area contributed by atoms with Gasteiger partial charge >= 0.3 is 0 Å². The third-order valence-corrected chi connectivity index (χ3v) is 2.30. The van der Waals surface area contributed by atoms with Gasteiger partial charge in [-0.25, -0.2) is 9.97 Å². The molecule has 0 aliphatic rings. The minimum absolute atomic E-state index is 0.466. The zero-order valence-electron chi connectivity index (χ0n) is 8.64. The highest BCUT2D eigenvalue weighted by Gasteiger charge is 2.05. The third-order valence-electron chi connectivity index (χ3n) is 2.03. The Bertz CT molecular complexity index is 490. The molecule has 0 bridgehead atoms. The molecule has 0 radical (unpaired) electrons. The van der Waals surface area contributed by atoms with Gasteiger partial charge in [-0.3, -0.25) is 0 Å². The summed E-state index contributed by atoms with van der Waals surface area (Å²) in [7, 11) is 1.61. The van der Waals surface area contributed by atoms with E-state index in [1.54, 1.807) is 7.11 Å². The number of aromatic nitrogens is 2. The molecule has 1 heterocycles.